The van der Waals surface area contributed by atoms with Crippen molar-refractivity contribution in [2.45, 2.75) is 39.7 Å². The number of nitrogens with zero attached hydrogens (tertiary/aromatic N) is 1. The van der Waals surface area contributed by atoms with Crippen LogP contribution in [0.3, 0.4) is 0 Å². The molecule has 23 heavy (non-hydrogen) atoms. The summed E-state index contributed by atoms with van der Waals surface area (Å²) in [6.07, 6.45) is 1.80. The molecule has 0 aliphatic rings. The molecule has 0 spiro atoms. The first-order chi connectivity index (χ1) is 11.1. The summed E-state index contributed by atoms with van der Waals surface area (Å²) in [5.74, 6) is 0.0695. The third kappa shape index (κ3) is 4.13. The maximum absolute atomic E-state index is 13.0. The van der Waals surface area contributed by atoms with Crippen LogP contribution < -0.4 is 5.73 Å². The largest absolute Gasteiger partial charge is 0.399 e. The van der Waals surface area contributed by atoms with E-state index in [1.807, 2.05) is 49.1 Å². The molecule has 122 valence electrons. The minimum atomic E-state index is 0.0695. The summed E-state index contributed by atoms with van der Waals surface area (Å²) in [6, 6.07) is 16.1. The van der Waals surface area contributed by atoms with Crippen molar-refractivity contribution >= 4 is 11.6 Å². The summed E-state index contributed by atoms with van der Waals surface area (Å²) in [7, 11) is 0. The van der Waals surface area contributed by atoms with E-state index in [2.05, 4.69) is 19.1 Å². The van der Waals surface area contributed by atoms with Crippen molar-refractivity contribution in [2.75, 3.05) is 12.3 Å². The maximum Gasteiger partial charge on any atom is 0.254 e. The van der Waals surface area contributed by atoms with Crippen molar-refractivity contribution in [1.82, 2.24) is 4.90 Å². The zero-order valence-corrected chi connectivity index (χ0v) is 14.3. The summed E-state index contributed by atoms with van der Waals surface area (Å²) in [6.45, 7) is 6.82. The topological polar surface area (TPSA) is 46.3 Å². The van der Waals surface area contributed by atoms with Gasteiger partial charge in [-0.3, -0.25) is 4.79 Å². The standard InChI is InChI=1S/C20H26N2O/c1-4-18(13-16-9-7-6-8-10-16)22(5-2)20(23)19-14-17(21)12-11-15(19)3/h6-12,14,18H,4-5,13,21H2,1-3H3. The molecule has 0 heterocycles. The third-order valence-corrected chi connectivity index (χ3v) is 4.32. The van der Waals surface area contributed by atoms with E-state index < -0.39 is 0 Å². The van der Waals surface area contributed by atoms with Crippen molar-refractivity contribution in [1.29, 1.82) is 0 Å². The van der Waals surface area contributed by atoms with Gasteiger partial charge in [-0.15, -0.1) is 0 Å². The number of rotatable bonds is 6. The average Bonchev–Trinajstić information content (AvgIpc) is 2.57. The van der Waals surface area contributed by atoms with Gasteiger partial charge in [0, 0.05) is 23.8 Å². The van der Waals surface area contributed by atoms with E-state index in [0.29, 0.717) is 17.8 Å². The van der Waals surface area contributed by atoms with E-state index >= 15 is 0 Å². The van der Waals surface area contributed by atoms with Crippen molar-refractivity contribution in [3.05, 3.63) is 65.2 Å². The van der Waals surface area contributed by atoms with Gasteiger partial charge in [0.05, 0.1) is 0 Å². The van der Waals surface area contributed by atoms with E-state index in [0.717, 1.165) is 18.4 Å². The Morgan fingerprint density at radius 2 is 1.83 bits per heavy atom. The lowest BCUT2D eigenvalue weighted by Crippen LogP contribution is -2.41. The Labute approximate surface area is 139 Å². The molecule has 1 amide bonds. The molecular weight excluding hydrogens is 284 g/mol. The minimum Gasteiger partial charge on any atom is -0.399 e. The van der Waals surface area contributed by atoms with Gasteiger partial charge in [0.1, 0.15) is 0 Å². The SMILES string of the molecule is CCC(Cc1ccccc1)N(CC)C(=O)c1cc(N)ccc1C. The summed E-state index contributed by atoms with van der Waals surface area (Å²) in [5, 5.41) is 0. The van der Waals surface area contributed by atoms with Crippen LogP contribution in [0.25, 0.3) is 0 Å². The van der Waals surface area contributed by atoms with Gasteiger partial charge in [-0.05, 0) is 49.9 Å². The molecule has 2 aromatic carbocycles. The van der Waals surface area contributed by atoms with Crippen LogP contribution in [0.5, 0.6) is 0 Å². The van der Waals surface area contributed by atoms with E-state index in [1.165, 1.54) is 5.56 Å². The van der Waals surface area contributed by atoms with Crippen molar-refractivity contribution < 1.29 is 4.79 Å². The maximum atomic E-state index is 13.0. The fourth-order valence-electron chi connectivity index (χ4n) is 2.95. The molecule has 0 radical (unpaired) electrons. The number of anilines is 1. The average molecular weight is 310 g/mol. The molecule has 0 aromatic heterocycles. The Hall–Kier alpha value is -2.29. The van der Waals surface area contributed by atoms with Crippen LogP contribution in [0.2, 0.25) is 0 Å². The van der Waals surface area contributed by atoms with Crippen LogP contribution in [-0.2, 0) is 6.42 Å². The number of aryl methyl sites for hydroxylation is 1. The van der Waals surface area contributed by atoms with Crippen LogP contribution in [0.15, 0.2) is 48.5 Å². The lowest BCUT2D eigenvalue weighted by atomic mass is 10.00. The van der Waals surface area contributed by atoms with Crippen LogP contribution >= 0.6 is 0 Å². The van der Waals surface area contributed by atoms with Gasteiger partial charge in [-0.1, -0.05) is 43.3 Å². The van der Waals surface area contributed by atoms with E-state index in [9.17, 15) is 4.79 Å². The molecule has 2 rings (SSSR count). The van der Waals surface area contributed by atoms with Gasteiger partial charge in [-0.25, -0.2) is 0 Å². The quantitative estimate of drug-likeness (QED) is 0.818. The highest BCUT2D eigenvalue weighted by Crippen LogP contribution is 2.19. The second-order valence-corrected chi connectivity index (χ2v) is 5.92. The first-order valence-electron chi connectivity index (χ1n) is 8.27. The number of amides is 1. The molecule has 2 aromatic rings. The van der Waals surface area contributed by atoms with Crippen molar-refractivity contribution in [2.24, 2.45) is 0 Å². The molecule has 0 aliphatic carbocycles. The predicted octanol–water partition coefficient (Wildman–Crippen LogP) is 4.06. The predicted molar refractivity (Wildman–Crippen MR) is 96.5 cm³/mol. The van der Waals surface area contributed by atoms with Gasteiger partial charge in [0.25, 0.3) is 5.91 Å². The summed E-state index contributed by atoms with van der Waals surface area (Å²) < 4.78 is 0. The molecule has 0 saturated carbocycles. The fraction of sp³-hybridized carbons (Fsp3) is 0.350. The lowest BCUT2D eigenvalue weighted by Gasteiger charge is -2.31. The Bertz CT molecular complexity index is 652. The number of benzene rings is 2. The number of carbonyl (C=O) groups excluding carboxylic acids is 1. The molecule has 3 heteroatoms. The van der Waals surface area contributed by atoms with Gasteiger partial charge in [0.15, 0.2) is 0 Å². The molecule has 1 atom stereocenters. The Morgan fingerprint density at radius 1 is 1.13 bits per heavy atom. The molecule has 1 unspecified atom stereocenters. The molecule has 0 bridgehead atoms. The highest BCUT2D eigenvalue weighted by atomic mass is 16.2. The van der Waals surface area contributed by atoms with Gasteiger partial charge in [-0.2, -0.15) is 0 Å². The Balaban J connectivity index is 2.25. The summed E-state index contributed by atoms with van der Waals surface area (Å²) in [5.41, 5.74) is 9.43. The number of hydrogen-bond donors (Lipinski definition) is 1. The van der Waals surface area contributed by atoms with Crippen LogP contribution in [0, 0.1) is 6.92 Å². The molecular formula is C20H26N2O. The normalized spacial score (nSPS) is 12.0. The Morgan fingerprint density at radius 3 is 2.43 bits per heavy atom. The van der Waals surface area contributed by atoms with Gasteiger partial charge in [0.2, 0.25) is 0 Å². The fourth-order valence-corrected chi connectivity index (χ4v) is 2.95. The highest BCUT2D eigenvalue weighted by molar-refractivity contribution is 5.96. The van der Waals surface area contributed by atoms with Crippen LogP contribution in [0.1, 0.15) is 41.8 Å². The van der Waals surface area contributed by atoms with E-state index in [-0.39, 0.29) is 11.9 Å². The number of nitrogen functional groups attached to an aromatic ring is 1. The number of nitrogens with two attached hydrogens (primary N) is 1. The van der Waals surface area contributed by atoms with Crippen LogP contribution in [-0.4, -0.2) is 23.4 Å². The second-order valence-electron chi connectivity index (χ2n) is 5.92. The molecule has 0 saturated heterocycles. The zero-order chi connectivity index (χ0) is 16.8. The van der Waals surface area contributed by atoms with Crippen LogP contribution in [0.4, 0.5) is 5.69 Å². The number of carbonyl (C=O) groups is 1. The zero-order valence-electron chi connectivity index (χ0n) is 14.3. The van der Waals surface area contributed by atoms with E-state index in [1.54, 1.807) is 6.07 Å². The molecule has 0 aliphatic heterocycles. The van der Waals surface area contributed by atoms with Gasteiger partial charge < -0.3 is 10.6 Å². The first-order valence-corrected chi connectivity index (χ1v) is 8.27. The smallest absolute Gasteiger partial charge is 0.254 e. The Kier molecular flexibility index (Phi) is 5.80. The molecule has 2 N–H and O–H groups in total. The molecule has 0 fully saturated rings. The minimum absolute atomic E-state index is 0.0695. The van der Waals surface area contributed by atoms with E-state index in [4.69, 9.17) is 5.73 Å². The monoisotopic (exact) mass is 310 g/mol. The summed E-state index contributed by atoms with van der Waals surface area (Å²) >= 11 is 0. The number of hydrogen-bond acceptors (Lipinski definition) is 2. The highest BCUT2D eigenvalue weighted by Gasteiger charge is 2.23. The van der Waals surface area contributed by atoms with Crippen molar-refractivity contribution in [3.63, 3.8) is 0 Å². The molecule has 3 nitrogen and oxygen atoms in total. The second kappa shape index (κ2) is 7.82. The third-order valence-electron chi connectivity index (χ3n) is 4.32. The lowest BCUT2D eigenvalue weighted by molar-refractivity contribution is 0.0683. The number of likely N-dealkylation sites (N-methyl/N-ethyl adjacent to an activating group) is 1. The van der Waals surface area contributed by atoms with Crippen molar-refractivity contribution in [3.8, 4) is 0 Å². The first kappa shape index (κ1) is 17.1. The van der Waals surface area contributed by atoms with Gasteiger partial charge >= 0.3 is 0 Å². The summed E-state index contributed by atoms with van der Waals surface area (Å²) in [4.78, 5) is 15.0.